The van der Waals surface area contributed by atoms with Crippen molar-refractivity contribution >= 4 is 11.6 Å². The standard InChI is InChI=1S/C17H22ClN3O/c1-11-9-19-10-12(11)8-15-20-16(21-22-15)17(2,3)13-6-4-5-7-14(13)18/h4-7,11-12,19H,8-10H2,1-3H3/t11-,12-/m0/s1. The second-order valence-electron chi connectivity index (χ2n) is 6.72. The van der Waals surface area contributed by atoms with Gasteiger partial charge in [-0.05, 0) is 50.4 Å². The highest BCUT2D eigenvalue weighted by Gasteiger charge is 2.32. The number of hydrogen-bond donors (Lipinski definition) is 1. The Morgan fingerprint density at radius 2 is 2.09 bits per heavy atom. The maximum Gasteiger partial charge on any atom is 0.227 e. The maximum absolute atomic E-state index is 6.33. The van der Waals surface area contributed by atoms with Crippen molar-refractivity contribution in [2.45, 2.75) is 32.6 Å². The van der Waals surface area contributed by atoms with Gasteiger partial charge in [-0.25, -0.2) is 0 Å². The van der Waals surface area contributed by atoms with Gasteiger partial charge in [-0.15, -0.1) is 0 Å². The molecule has 0 spiro atoms. The third kappa shape index (κ3) is 2.90. The smallest absolute Gasteiger partial charge is 0.227 e. The SMILES string of the molecule is C[C@H]1CNC[C@@H]1Cc1nc(C(C)(C)c2ccccc2Cl)no1. The number of hydrogen-bond acceptors (Lipinski definition) is 4. The minimum atomic E-state index is -0.375. The Labute approximate surface area is 136 Å². The van der Waals surface area contributed by atoms with E-state index in [1.807, 2.05) is 24.3 Å². The summed E-state index contributed by atoms with van der Waals surface area (Å²) in [5, 5.41) is 8.34. The largest absolute Gasteiger partial charge is 0.339 e. The number of halogens is 1. The van der Waals surface area contributed by atoms with Gasteiger partial charge in [-0.1, -0.05) is 41.9 Å². The Kier molecular flexibility index (Phi) is 4.24. The molecule has 3 rings (SSSR count). The highest BCUT2D eigenvalue weighted by molar-refractivity contribution is 6.31. The van der Waals surface area contributed by atoms with E-state index in [9.17, 15) is 0 Å². The first-order chi connectivity index (χ1) is 10.5. The molecule has 0 bridgehead atoms. The number of aromatic nitrogens is 2. The van der Waals surface area contributed by atoms with Gasteiger partial charge in [0.15, 0.2) is 5.82 Å². The fourth-order valence-electron chi connectivity index (χ4n) is 3.04. The van der Waals surface area contributed by atoms with E-state index in [2.05, 4.69) is 36.2 Å². The minimum Gasteiger partial charge on any atom is -0.339 e. The molecule has 4 nitrogen and oxygen atoms in total. The summed E-state index contributed by atoms with van der Waals surface area (Å²) < 4.78 is 5.49. The van der Waals surface area contributed by atoms with E-state index in [-0.39, 0.29) is 5.41 Å². The Hall–Kier alpha value is -1.39. The molecule has 2 heterocycles. The predicted octanol–water partition coefficient (Wildman–Crippen LogP) is 3.45. The first kappa shape index (κ1) is 15.5. The molecule has 1 saturated heterocycles. The topological polar surface area (TPSA) is 51.0 Å². The molecule has 0 saturated carbocycles. The minimum absolute atomic E-state index is 0.375. The van der Waals surface area contributed by atoms with Crippen molar-refractivity contribution in [3.8, 4) is 0 Å². The van der Waals surface area contributed by atoms with Crippen molar-refractivity contribution in [1.82, 2.24) is 15.5 Å². The molecule has 1 aromatic heterocycles. The molecule has 1 fully saturated rings. The second-order valence-corrected chi connectivity index (χ2v) is 7.12. The van der Waals surface area contributed by atoms with Crippen LogP contribution in [0.2, 0.25) is 5.02 Å². The van der Waals surface area contributed by atoms with Gasteiger partial charge >= 0.3 is 0 Å². The van der Waals surface area contributed by atoms with Crippen LogP contribution in [0.4, 0.5) is 0 Å². The van der Waals surface area contributed by atoms with E-state index < -0.39 is 0 Å². The highest BCUT2D eigenvalue weighted by atomic mass is 35.5. The molecular formula is C17H22ClN3O. The van der Waals surface area contributed by atoms with Crippen LogP contribution < -0.4 is 5.32 Å². The fourth-order valence-corrected chi connectivity index (χ4v) is 3.41. The Bertz CT molecular complexity index is 653. The molecule has 118 valence electrons. The fraction of sp³-hybridized carbons (Fsp3) is 0.529. The molecule has 0 amide bonds. The van der Waals surface area contributed by atoms with Gasteiger partial charge in [-0.3, -0.25) is 0 Å². The van der Waals surface area contributed by atoms with Crippen molar-refractivity contribution < 1.29 is 4.52 Å². The van der Waals surface area contributed by atoms with Gasteiger partial charge in [0.1, 0.15) is 0 Å². The van der Waals surface area contributed by atoms with Crippen LogP contribution in [0.5, 0.6) is 0 Å². The Morgan fingerprint density at radius 1 is 1.32 bits per heavy atom. The lowest BCUT2D eigenvalue weighted by molar-refractivity contribution is 0.331. The average Bonchev–Trinajstić information content (AvgIpc) is 3.10. The average molecular weight is 320 g/mol. The molecule has 0 unspecified atom stereocenters. The zero-order valence-corrected chi connectivity index (χ0v) is 14.0. The molecule has 1 N–H and O–H groups in total. The van der Waals surface area contributed by atoms with Gasteiger partial charge in [0.2, 0.25) is 5.89 Å². The molecule has 5 heteroatoms. The lowest BCUT2D eigenvalue weighted by atomic mass is 9.84. The number of rotatable bonds is 4. The summed E-state index contributed by atoms with van der Waals surface area (Å²) >= 11 is 6.33. The quantitative estimate of drug-likeness (QED) is 0.937. The number of nitrogens with one attached hydrogen (secondary N) is 1. The predicted molar refractivity (Wildman–Crippen MR) is 87.1 cm³/mol. The van der Waals surface area contributed by atoms with E-state index in [0.29, 0.717) is 17.7 Å². The van der Waals surface area contributed by atoms with Gasteiger partial charge < -0.3 is 9.84 Å². The van der Waals surface area contributed by atoms with Crippen LogP contribution in [0.25, 0.3) is 0 Å². The zero-order valence-electron chi connectivity index (χ0n) is 13.3. The summed E-state index contributed by atoms with van der Waals surface area (Å²) in [6.45, 7) is 8.49. The second kappa shape index (κ2) is 6.01. The van der Waals surface area contributed by atoms with Crippen molar-refractivity contribution in [1.29, 1.82) is 0 Å². The van der Waals surface area contributed by atoms with Crippen LogP contribution in [0, 0.1) is 11.8 Å². The molecule has 2 aromatic rings. The molecule has 22 heavy (non-hydrogen) atoms. The van der Waals surface area contributed by atoms with E-state index in [0.717, 1.165) is 36.0 Å². The lowest BCUT2D eigenvalue weighted by Crippen LogP contribution is -2.21. The maximum atomic E-state index is 6.33. The summed E-state index contributed by atoms with van der Waals surface area (Å²) in [5.41, 5.74) is 0.638. The summed E-state index contributed by atoms with van der Waals surface area (Å²) in [6.07, 6.45) is 0.833. The third-order valence-corrected chi connectivity index (χ3v) is 5.02. The first-order valence-corrected chi connectivity index (χ1v) is 8.15. The normalized spacial score (nSPS) is 22.2. The lowest BCUT2D eigenvalue weighted by Gasteiger charge is -2.22. The van der Waals surface area contributed by atoms with Crippen molar-refractivity contribution in [3.05, 3.63) is 46.6 Å². The zero-order chi connectivity index (χ0) is 15.7. The van der Waals surface area contributed by atoms with Crippen molar-refractivity contribution in [2.75, 3.05) is 13.1 Å². The van der Waals surface area contributed by atoms with Crippen LogP contribution in [-0.2, 0) is 11.8 Å². The summed E-state index contributed by atoms with van der Waals surface area (Å²) in [5.74, 6) is 2.62. The van der Waals surface area contributed by atoms with Crippen LogP contribution in [0.15, 0.2) is 28.8 Å². The van der Waals surface area contributed by atoms with E-state index in [4.69, 9.17) is 16.1 Å². The summed E-state index contributed by atoms with van der Waals surface area (Å²) in [6, 6.07) is 7.82. The third-order valence-electron chi connectivity index (χ3n) is 4.69. The van der Waals surface area contributed by atoms with E-state index in [1.54, 1.807) is 0 Å². The number of benzene rings is 1. The highest BCUT2D eigenvalue weighted by Crippen LogP contribution is 2.34. The molecule has 1 aliphatic heterocycles. The molecule has 0 radical (unpaired) electrons. The van der Waals surface area contributed by atoms with E-state index in [1.165, 1.54) is 0 Å². The van der Waals surface area contributed by atoms with E-state index >= 15 is 0 Å². The van der Waals surface area contributed by atoms with Gasteiger partial charge in [-0.2, -0.15) is 4.98 Å². The Balaban J connectivity index is 1.82. The molecule has 1 aliphatic rings. The summed E-state index contributed by atoms with van der Waals surface area (Å²) in [4.78, 5) is 4.63. The van der Waals surface area contributed by atoms with Crippen molar-refractivity contribution in [2.24, 2.45) is 11.8 Å². The van der Waals surface area contributed by atoms with Crippen LogP contribution >= 0.6 is 11.6 Å². The molecule has 2 atom stereocenters. The van der Waals surface area contributed by atoms with Crippen LogP contribution in [0.1, 0.15) is 38.0 Å². The van der Waals surface area contributed by atoms with Crippen LogP contribution in [0.3, 0.4) is 0 Å². The molecular weight excluding hydrogens is 298 g/mol. The van der Waals surface area contributed by atoms with Crippen molar-refractivity contribution in [3.63, 3.8) is 0 Å². The first-order valence-electron chi connectivity index (χ1n) is 7.77. The van der Waals surface area contributed by atoms with Crippen LogP contribution in [-0.4, -0.2) is 23.2 Å². The van der Waals surface area contributed by atoms with Gasteiger partial charge in [0.05, 0.1) is 5.41 Å². The van der Waals surface area contributed by atoms with Gasteiger partial charge in [0.25, 0.3) is 0 Å². The molecule has 0 aliphatic carbocycles. The number of nitrogens with zero attached hydrogens (tertiary/aromatic N) is 2. The Morgan fingerprint density at radius 3 is 2.77 bits per heavy atom. The van der Waals surface area contributed by atoms with Gasteiger partial charge in [0, 0.05) is 11.4 Å². The monoisotopic (exact) mass is 319 g/mol. The molecule has 1 aromatic carbocycles. The summed E-state index contributed by atoms with van der Waals surface area (Å²) in [7, 11) is 0.